The summed E-state index contributed by atoms with van der Waals surface area (Å²) >= 11 is 0. The van der Waals surface area contributed by atoms with Crippen LogP contribution in [0.3, 0.4) is 0 Å². The molecule has 1 amide bonds. The largest absolute Gasteiger partial charge is 0.340 e. The first kappa shape index (κ1) is 17.6. The number of anilines is 3. The van der Waals surface area contributed by atoms with Crippen LogP contribution in [0.1, 0.15) is 25.6 Å². The Labute approximate surface area is 153 Å². The number of nitrogens with one attached hydrogen (secondary N) is 2. The van der Waals surface area contributed by atoms with Crippen molar-refractivity contribution in [2.75, 3.05) is 10.6 Å². The monoisotopic (exact) mass is 346 g/mol. The molecule has 0 unspecified atom stereocenters. The van der Waals surface area contributed by atoms with Crippen molar-refractivity contribution in [2.45, 2.75) is 26.7 Å². The Hall–Kier alpha value is -3.21. The molecular weight excluding hydrogens is 324 g/mol. The van der Waals surface area contributed by atoms with E-state index in [1.807, 2.05) is 74.5 Å². The Balaban J connectivity index is 1.81. The number of nitrogens with zero attached hydrogens (tertiary/aromatic N) is 2. The van der Waals surface area contributed by atoms with Gasteiger partial charge in [-0.05, 0) is 31.5 Å². The van der Waals surface area contributed by atoms with E-state index in [1.165, 1.54) is 0 Å². The van der Waals surface area contributed by atoms with E-state index in [2.05, 4.69) is 20.6 Å². The number of amides is 1. The molecule has 0 atom stereocenters. The van der Waals surface area contributed by atoms with Crippen molar-refractivity contribution in [1.82, 2.24) is 9.97 Å². The maximum Gasteiger partial charge on any atom is 0.224 e. The predicted octanol–water partition coefficient (Wildman–Crippen LogP) is 4.93. The summed E-state index contributed by atoms with van der Waals surface area (Å²) in [7, 11) is 0. The lowest BCUT2D eigenvalue weighted by molar-refractivity contribution is -0.116. The molecule has 2 aromatic carbocycles. The zero-order valence-corrected chi connectivity index (χ0v) is 15.0. The van der Waals surface area contributed by atoms with Gasteiger partial charge in [0.25, 0.3) is 0 Å². The third kappa shape index (κ3) is 4.66. The molecule has 5 nitrogen and oxygen atoms in total. The molecule has 0 fully saturated rings. The number of rotatable bonds is 6. The van der Waals surface area contributed by atoms with Crippen molar-refractivity contribution >= 4 is 23.1 Å². The zero-order chi connectivity index (χ0) is 18.4. The van der Waals surface area contributed by atoms with Crippen molar-refractivity contribution in [3.8, 4) is 11.3 Å². The average Bonchev–Trinajstić information content (AvgIpc) is 2.62. The van der Waals surface area contributed by atoms with Gasteiger partial charge in [-0.1, -0.05) is 43.3 Å². The van der Waals surface area contributed by atoms with Crippen LogP contribution in [-0.2, 0) is 4.79 Å². The Bertz CT molecular complexity index is 894. The van der Waals surface area contributed by atoms with Crippen LogP contribution in [0.2, 0.25) is 0 Å². The number of aromatic nitrogens is 2. The Morgan fingerprint density at radius 2 is 1.73 bits per heavy atom. The first-order valence-corrected chi connectivity index (χ1v) is 8.72. The van der Waals surface area contributed by atoms with E-state index in [0.29, 0.717) is 18.1 Å². The van der Waals surface area contributed by atoms with Gasteiger partial charge in [-0.3, -0.25) is 4.79 Å². The highest BCUT2D eigenvalue weighted by Crippen LogP contribution is 2.23. The SMILES string of the molecule is CCCC(=O)Nc1cccc(Nc2cc(-c3ccccc3)nc(C)n2)c1. The van der Waals surface area contributed by atoms with Crippen LogP contribution in [0.4, 0.5) is 17.2 Å². The summed E-state index contributed by atoms with van der Waals surface area (Å²) in [6.45, 7) is 3.86. The molecule has 0 spiro atoms. The minimum Gasteiger partial charge on any atom is -0.340 e. The molecule has 0 aliphatic heterocycles. The summed E-state index contributed by atoms with van der Waals surface area (Å²) in [5, 5.41) is 6.20. The molecule has 3 aromatic rings. The van der Waals surface area contributed by atoms with Gasteiger partial charge in [0.05, 0.1) is 5.69 Å². The van der Waals surface area contributed by atoms with Crippen LogP contribution in [0, 0.1) is 6.92 Å². The molecule has 132 valence electrons. The van der Waals surface area contributed by atoms with Crippen molar-refractivity contribution in [3.63, 3.8) is 0 Å². The fraction of sp³-hybridized carbons (Fsp3) is 0.190. The topological polar surface area (TPSA) is 66.9 Å². The van der Waals surface area contributed by atoms with Gasteiger partial charge in [-0.2, -0.15) is 0 Å². The first-order chi connectivity index (χ1) is 12.6. The first-order valence-electron chi connectivity index (χ1n) is 8.72. The zero-order valence-electron chi connectivity index (χ0n) is 15.0. The maximum atomic E-state index is 11.8. The quantitative estimate of drug-likeness (QED) is 0.664. The highest BCUT2D eigenvalue weighted by Gasteiger charge is 2.06. The van der Waals surface area contributed by atoms with Crippen molar-refractivity contribution in [1.29, 1.82) is 0 Å². The second kappa shape index (κ2) is 8.25. The molecule has 0 bridgehead atoms. The molecular formula is C21H22N4O. The Kier molecular flexibility index (Phi) is 5.59. The summed E-state index contributed by atoms with van der Waals surface area (Å²) in [5.74, 6) is 1.43. The molecule has 0 saturated carbocycles. The Morgan fingerprint density at radius 3 is 2.50 bits per heavy atom. The number of carbonyl (C=O) groups is 1. The molecule has 5 heteroatoms. The number of aryl methyl sites for hydroxylation is 1. The lowest BCUT2D eigenvalue weighted by atomic mass is 10.1. The smallest absolute Gasteiger partial charge is 0.224 e. The van der Waals surface area contributed by atoms with Crippen LogP contribution >= 0.6 is 0 Å². The van der Waals surface area contributed by atoms with E-state index < -0.39 is 0 Å². The van der Waals surface area contributed by atoms with Crippen molar-refractivity contribution < 1.29 is 4.79 Å². The van der Waals surface area contributed by atoms with Crippen LogP contribution in [0.15, 0.2) is 60.7 Å². The summed E-state index contributed by atoms with van der Waals surface area (Å²) in [5.41, 5.74) is 3.54. The van der Waals surface area contributed by atoms with Gasteiger partial charge in [-0.25, -0.2) is 9.97 Å². The van der Waals surface area contributed by atoms with Crippen molar-refractivity contribution in [2.24, 2.45) is 0 Å². The number of benzene rings is 2. The fourth-order valence-electron chi connectivity index (χ4n) is 2.66. The second-order valence-corrected chi connectivity index (χ2v) is 6.06. The summed E-state index contributed by atoms with van der Waals surface area (Å²) < 4.78 is 0. The van der Waals surface area contributed by atoms with E-state index >= 15 is 0 Å². The van der Waals surface area contributed by atoms with Crippen LogP contribution in [-0.4, -0.2) is 15.9 Å². The van der Waals surface area contributed by atoms with Crippen LogP contribution in [0.5, 0.6) is 0 Å². The van der Waals surface area contributed by atoms with E-state index in [4.69, 9.17) is 0 Å². The maximum absolute atomic E-state index is 11.8. The molecule has 0 saturated heterocycles. The average molecular weight is 346 g/mol. The molecule has 26 heavy (non-hydrogen) atoms. The summed E-state index contributed by atoms with van der Waals surface area (Å²) in [6, 6.07) is 19.5. The molecule has 0 radical (unpaired) electrons. The highest BCUT2D eigenvalue weighted by molar-refractivity contribution is 5.91. The van der Waals surface area contributed by atoms with Crippen LogP contribution in [0.25, 0.3) is 11.3 Å². The number of hydrogen-bond acceptors (Lipinski definition) is 4. The Morgan fingerprint density at radius 1 is 0.962 bits per heavy atom. The van der Waals surface area contributed by atoms with Crippen LogP contribution < -0.4 is 10.6 Å². The molecule has 0 aliphatic carbocycles. The standard InChI is InChI=1S/C21H22N4O/c1-3-8-21(26)25-18-12-7-11-17(13-18)24-20-14-19(22-15(2)23-20)16-9-5-4-6-10-16/h4-7,9-14H,3,8H2,1-2H3,(H,25,26)(H,22,23,24). The summed E-state index contributed by atoms with van der Waals surface area (Å²) in [6.07, 6.45) is 1.34. The predicted molar refractivity (Wildman–Crippen MR) is 105 cm³/mol. The van der Waals surface area contributed by atoms with Gasteiger partial charge in [-0.15, -0.1) is 0 Å². The third-order valence-corrected chi connectivity index (χ3v) is 3.80. The minimum atomic E-state index is 0.0221. The normalized spacial score (nSPS) is 10.4. The molecule has 2 N–H and O–H groups in total. The molecule has 1 aromatic heterocycles. The van der Waals surface area contributed by atoms with E-state index in [0.717, 1.165) is 29.1 Å². The van der Waals surface area contributed by atoms with Gasteiger partial charge < -0.3 is 10.6 Å². The van der Waals surface area contributed by atoms with Gasteiger partial charge in [0.15, 0.2) is 0 Å². The lowest BCUT2D eigenvalue weighted by Crippen LogP contribution is -2.10. The second-order valence-electron chi connectivity index (χ2n) is 6.06. The van der Waals surface area contributed by atoms with Gasteiger partial charge in [0.2, 0.25) is 5.91 Å². The van der Waals surface area contributed by atoms with E-state index in [9.17, 15) is 4.79 Å². The minimum absolute atomic E-state index is 0.0221. The molecule has 1 heterocycles. The number of hydrogen-bond donors (Lipinski definition) is 2. The van der Waals surface area contributed by atoms with E-state index in [1.54, 1.807) is 0 Å². The fourth-order valence-corrected chi connectivity index (χ4v) is 2.66. The lowest BCUT2D eigenvalue weighted by Gasteiger charge is -2.11. The van der Waals surface area contributed by atoms with Crippen molar-refractivity contribution in [3.05, 3.63) is 66.5 Å². The van der Waals surface area contributed by atoms with Gasteiger partial charge in [0.1, 0.15) is 11.6 Å². The summed E-state index contributed by atoms with van der Waals surface area (Å²) in [4.78, 5) is 20.8. The van der Waals surface area contributed by atoms with E-state index in [-0.39, 0.29) is 5.91 Å². The van der Waals surface area contributed by atoms with Gasteiger partial charge in [0, 0.05) is 29.4 Å². The molecule has 0 aliphatic rings. The third-order valence-electron chi connectivity index (χ3n) is 3.80. The number of carbonyl (C=O) groups excluding carboxylic acids is 1. The van der Waals surface area contributed by atoms with Gasteiger partial charge >= 0.3 is 0 Å². The molecule has 3 rings (SSSR count). The highest BCUT2D eigenvalue weighted by atomic mass is 16.1.